The maximum Gasteiger partial charge on any atom is 0.233 e. The van der Waals surface area contributed by atoms with Crippen LogP contribution in [0.1, 0.15) is 12.8 Å². The number of pyridine rings is 1. The van der Waals surface area contributed by atoms with Gasteiger partial charge >= 0.3 is 0 Å². The van der Waals surface area contributed by atoms with Crippen molar-refractivity contribution in [2.24, 2.45) is 0 Å². The molecule has 11 heteroatoms. The van der Waals surface area contributed by atoms with Crippen LogP contribution >= 0.6 is 0 Å². The monoisotopic (exact) mass is 550 g/mol. The molecule has 11 nitrogen and oxygen atoms in total. The number of rotatable bonds is 6. The lowest BCUT2D eigenvalue weighted by atomic mass is 10.1. The van der Waals surface area contributed by atoms with E-state index < -0.39 is 0 Å². The van der Waals surface area contributed by atoms with Crippen LogP contribution in [-0.4, -0.2) is 99.2 Å². The first kappa shape index (κ1) is 25.6. The lowest BCUT2D eigenvalue weighted by molar-refractivity contribution is 0.110. The van der Waals surface area contributed by atoms with E-state index in [9.17, 15) is 0 Å². The van der Waals surface area contributed by atoms with Gasteiger partial charge in [0.2, 0.25) is 11.8 Å². The third kappa shape index (κ3) is 5.50. The normalized spacial score (nSPS) is 17.4. The van der Waals surface area contributed by atoms with Gasteiger partial charge in [0.1, 0.15) is 17.6 Å². The summed E-state index contributed by atoms with van der Waals surface area (Å²) in [5.74, 6) is 2.07. The Balaban J connectivity index is 1.10. The van der Waals surface area contributed by atoms with Crippen molar-refractivity contribution in [1.29, 1.82) is 0 Å². The van der Waals surface area contributed by atoms with Crippen LogP contribution in [0.2, 0.25) is 0 Å². The van der Waals surface area contributed by atoms with Gasteiger partial charge in [-0.25, -0.2) is 19.9 Å². The molecule has 41 heavy (non-hydrogen) atoms. The largest absolute Gasteiger partial charge is 0.473 e. The Hall–Kier alpha value is -4.35. The van der Waals surface area contributed by atoms with Crippen LogP contribution < -0.4 is 15.0 Å². The molecule has 210 valence electrons. The number of aromatic nitrogens is 6. The van der Waals surface area contributed by atoms with E-state index in [0.717, 1.165) is 96.8 Å². The summed E-state index contributed by atoms with van der Waals surface area (Å²) in [4.78, 5) is 33.6. The van der Waals surface area contributed by atoms with Crippen molar-refractivity contribution in [2.45, 2.75) is 18.9 Å². The molecule has 0 bridgehead atoms. The number of piperazine rings is 1. The minimum atomic E-state index is 0.181. The predicted molar refractivity (Wildman–Crippen MR) is 161 cm³/mol. The average Bonchev–Trinajstić information content (AvgIpc) is 3.42. The minimum Gasteiger partial charge on any atom is -0.473 e. The van der Waals surface area contributed by atoms with Crippen LogP contribution in [-0.2, 0) is 0 Å². The van der Waals surface area contributed by atoms with E-state index in [1.165, 1.54) is 0 Å². The summed E-state index contributed by atoms with van der Waals surface area (Å²) in [5, 5.41) is 4.28. The highest BCUT2D eigenvalue weighted by Gasteiger charge is 2.19. The van der Waals surface area contributed by atoms with Crippen LogP contribution in [0.25, 0.3) is 33.2 Å². The maximum atomic E-state index is 6.18. The van der Waals surface area contributed by atoms with E-state index in [-0.39, 0.29) is 6.10 Å². The average molecular weight is 551 g/mol. The smallest absolute Gasteiger partial charge is 0.233 e. The molecule has 2 N–H and O–H groups in total. The second kappa shape index (κ2) is 10.9. The number of likely N-dealkylation sites (tertiary alicyclic amines) is 1. The Bertz CT molecular complexity index is 1670. The number of hydrogen-bond acceptors (Lipinski definition) is 10. The molecule has 0 unspecified atom stereocenters. The molecule has 0 atom stereocenters. The van der Waals surface area contributed by atoms with Gasteiger partial charge in [-0.1, -0.05) is 6.07 Å². The maximum absolute atomic E-state index is 6.18. The molecule has 0 spiro atoms. The van der Waals surface area contributed by atoms with Crippen LogP contribution in [0, 0.1) is 0 Å². The summed E-state index contributed by atoms with van der Waals surface area (Å²) in [6, 6.07) is 10.1. The molecular formula is C30H34N10O. The Labute approximate surface area is 238 Å². The van der Waals surface area contributed by atoms with Gasteiger partial charge in [-0.15, -0.1) is 0 Å². The highest BCUT2D eigenvalue weighted by molar-refractivity contribution is 5.95. The number of nitrogens with zero attached hydrogens (tertiary/aromatic N) is 8. The van der Waals surface area contributed by atoms with Gasteiger partial charge in [-0.3, -0.25) is 0 Å². The molecule has 0 amide bonds. The van der Waals surface area contributed by atoms with Crippen LogP contribution in [0.3, 0.4) is 0 Å². The number of hydrogen-bond donors (Lipinski definition) is 2. The molecule has 2 aliphatic rings. The Morgan fingerprint density at radius 3 is 2.54 bits per heavy atom. The van der Waals surface area contributed by atoms with Crippen molar-refractivity contribution < 1.29 is 4.74 Å². The Kier molecular flexibility index (Phi) is 6.81. The molecule has 7 rings (SSSR count). The van der Waals surface area contributed by atoms with Crippen molar-refractivity contribution >= 4 is 39.5 Å². The zero-order chi connectivity index (χ0) is 27.8. The van der Waals surface area contributed by atoms with Gasteiger partial charge in [0, 0.05) is 80.6 Å². The van der Waals surface area contributed by atoms with Crippen molar-refractivity contribution in [2.75, 3.05) is 63.6 Å². The number of aromatic amines is 1. The van der Waals surface area contributed by atoms with Crippen molar-refractivity contribution in [3.63, 3.8) is 0 Å². The molecule has 2 fully saturated rings. The summed E-state index contributed by atoms with van der Waals surface area (Å²) in [7, 11) is 4.30. The summed E-state index contributed by atoms with van der Waals surface area (Å²) in [6.45, 7) is 6.07. The molecule has 4 aromatic heterocycles. The lowest BCUT2D eigenvalue weighted by Crippen LogP contribution is -2.44. The predicted octanol–water partition coefficient (Wildman–Crippen LogP) is 3.93. The molecule has 6 heterocycles. The fourth-order valence-electron chi connectivity index (χ4n) is 5.53. The number of anilines is 3. The molecule has 1 aromatic carbocycles. The first-order valence-corrected chi connectivity index (χ1v) is 14.2. The van der Waals surface area contributed by atoms with E-state index in [2.05, 4.69) is 72.2 Å². The number of ether oxygens (including phenoxy) is 1. The summed E-state index contributed by atoms with van der Waals surface area (Å²) >= 11 is 0. The van der Waals surface area contributed by atoms with Crippen LogP contribution in [0.4, 0.5) is 17.5 Å². The van der Waals surface area contributed by atoms with E-state index in [1.807, 2.05) is 30.7 Å². The van der Waals surface area contributed by atoms with Crippen LogP contribution in [0.5, 0.6) is 5.88 Å². The topological polar surface area (TPSA) is 111 Å². The third-order valence-corrected chi connectivity index (χ3v) is 8.05. The zero-order valence-corrected chi connectivity index (χ0v) is 23.4. The number of H-pyrrole nitrogens is 1. The fraction of sp³-hybridized carbons (Fsp3) is 0.367. The number of nitrogens with one attached hydrogen (secondary N) is 2. The van der Waals surface area contributed by atoms with Gasteiger partial charge in [-0.2, -0.15) is 4.98 Å². The number of fused-ring (bicyclic) bond motifs is 2. The second-order valence-electron chi connectivity index (χ2n) is 11.0. The van der Waals surface area contributed by atoms with Gasteiger partial charge in [0.25, 0.3) is 0 Å². The molecule has 0 radical (unpaired) electrons. The van der Waals surface area contributed by atoms with E-state index in [1.54, 1.807) is 6.20 Å². The standard InChI is InChI=1S/C30H34N10O/c1-38-9-6-22(7-10-38)41-28-19-32-25-4-3-20(15-26(25)36-28)23-17-33-29-24(23)18-34-30(37-29)35-21-5-8-31-27(16-21)40-13-11-39(2)12-14-40/h3-5,8,15-19,22H,6-7,9-14H2,1-2H3,(H2,31,33,34,35,37). The zero-order valence-electron chi connectivity index (χ0n) is 23.4. The van der Waals surface area contributed by atoms with Gasteiger partial charge in [-0.05, 0) is 50.7 Å². The van der Waals surface area contributed by atoms with E-state index in [0.29, 0.717) is 11.8 Å². The molecule has 0 saturated carbocycles. The Morgan fingerprint density at radius 1 is 0.854 bits per heavy atom. The minimum absolute atomic E-state index is 0.181. The fourth-order valence-corrected chi connectivity index (χ4v) is 5.53. The molecule has 2 aliphatic heterocycles. The highest BCUT2D eigenvalue weighted by Crippen LogP contribution is 2.31. The molecule has 2 saturated heterocycles. The third-order valence-electron chi connectivity index (χ3n) is 8.05. The lowest BCUT2D eigenvalue weighted by Gasteiger charge is -2.33. The number of likely N-dealkylation sites (N-methyl/N-ethyl adjacent to an activating group) is 1. The Morgan fingerprint density at radius 2 is 1.68 bits per heavy atom. The second-order valence-corrected chi connectivity index (χ2v) is 11.0. The van der Waals surface area contributed by atoms with Gasteiger partial charge < -0.3 is 29.7 Å². The van der Waals surface area contributed by atoms with Crippen LogP contribution in [0.15, 0.2) is 55.1 Å². The van der Waals surface area contributed by atoms with E-state index >= 15 is 0 Å². The summed E-state index contributed by atoms with van der Waals surface area (Å²) < 4.78 is 6.18. The van der Waals surface area contributed by atoms with Crippen molar-refractivity contribution in [3.05, 3.63) is 55.1 Å². The first-order chi connectivity index (χ1) is 20.1. The summed E-state index contributed by atoms with van der Waals surface area (Å²) in [5.41, 5.74) is 5.33. The summed E-state index contributed by atoms with van der Waals surface area (Å²) in [6.07, 6.45) is 9.56. The first-order valence-electron chi connectivity index (χ1n) is 14.2. The van der Waals surface area contributed by atoms with Crippen molar-refractivity contribution in [1.82, 2.24) is 39.7 Å². The molecule has 0 aliphatic carbocycles. The molecule has 5 aromatic rings. The van der Waals surface area contributed by atoms with E-state index in [4.69, 9.17) is 14.7 Å². The number of benzene rings is 1. The van der Waals surface area contributed by atoms with Gasteiger partial charge in [0.15, 0.2) is 0 Å². The highest BCUT2D eigenvalue weighted by atomic mass is 16.5. The quantitative estimate of drug-likeness (QED) is 0.323. The van der Waals surface area contributed by atoms with Gasteiger partial charge in [0.05, 0.1) is 17.2 Å². The number of piperidine rings is 1. The van der Waals surface area contributed by atoms with Crippen molar-refractivity contribution in [3.8, 4) is 17.0 Å². The SMILES string of the molecule is CN1CCC(Oc2cnc3ccc(-c4c[nH]c5nc(Nc6ccnc(N7CCN(C)CC7)c6)ncc45)cc3n2)CC1. The molecular weight excluding hydrogens is 516 g/mol.